The van der Waals surface area contributed by atoms with Crippen LogP contribution in [0.25, 0.3) is 10.9 Å². The summed E-state index contributed by atoms with van der Waals surface area (Å²) in [7, 11) is 0. The van der Waals surface area contributed by atoms with Crippen LogP contribution >= 0.6 is 0 Å². The number of carbonyl (C=O) groups is 1. The highest BCUT2D eigenvalue weighted by Crippen LogP contribution is 2.28. The number of hydrogen-bond donors (Lipinski definition) is 3. The minimum atomic E-state index is -0.997. The molecule has 0 aliphatic rings. The summed E-state index contributed by atoms with van der Waals surface area (Å²) < 4.78 is 27.2. The van der Waals surface area contributed by atoms with Crippen LogP contribution in [0, 0.1) is 11.6 Å². The molecule has 136 valence electrons. The molecular weight excluding hydrogens is 328 g/mol. The SMILES string of the molecule is CCCCC(C)(CNC(C)=O)Nc1nc(N)nc2cc(F)c(F)cc12. The predicted octanol–water partition coefficient (Wildman–Crippen LogP) is 2.99. The molecule has 1 aromatic carbocycles. The molecule has 0 aliphatic carbocycles. The molecule has 1 atom stereocenters. The first-order valence-corrected chi connectivity index (χ1v) is 8.19. The Balaban J connectivity index is 2.43. The summed E-state index contributed by atoms with van der Waals surface area (Å²) in [5, 5.41) is 6.36. The van der Waals surface area contributed by atoms with Crippen molar-refractivity contribution in [2.45, 2.75) is 45.6 Å². The van der Waals surface area contributed by atoms with E-state index in [9.17, 15) is 13.6 Å². The maximum Gasteiger partial charge on any atom is 0.222 e. The summed E-state index contributed by atoms with van der Waals surface area (Å²) in [4.78, 5) is 19.4. The third-order valence-corrected chi connectivity index (χ3v) is 3.98. The number of benzene rings is 1. The van der Waals surface area contributed by atoms with Crippen molar-refractivity contribution in [3.05, 3.63) is 23.8 Å². The number of nitrogen functional groups attached to an aromatic ring is 1. The molecule has 8 heteroatoms. The summed E-state index contributed by atoms with van der Waals surface area (Å²) in [5.74, 6) is -1.86. The minimum Gasteiger partial charge on any atom is -0.368 e. The molecule has 1 heterocycles. The number of nitrogens with two attached hydrogens (primary N) is 1. The van der Waals surface area contributed by atoms with Gasteiger partial charge in [0.05, 0.1) is 11.1 Å². The predicted molar refractivity (Wildman–Crippen MR) is 94.1 cm³/mol. The average molecular weight is 351 g/mol. The number of fused-ring (bicyclic) bond motifs is 1. The number of carbonyl (C=O) groups excluding carboxylic acids is 1. The topological polar surface area (TPSA) is 92.9 Å². The van der Waals surface area contributed by atoms with Gasteiger partial charge in [-0.05, 0) is 19.4 Å². The van der Waals surface area contributed by atoms with Crippen LogP contribution in [-0.4, -0.2) is 28.0 Å². The van der Waals surface area contributed by atoms with E-state index in [0.717, 1.165) is 31.4 Å². The van der Waals surface area contributed by atoms with Crippen molar-refractivity contribution in [3.8, 4) is 0 Å². The molecule has 1 amide bonds. The van der Waals surface area contributed by atoms with Crippen LogP contribution < -0.4 is 16.4 Å². The van der Waals surface area contributed by atoms with Crippen LogP contribution in [0.15, 0.2) is 12.1 Å². The Labute approximate surface area is 145 Å². The number of unbranched alkanes of at least 4 members (excludes halogenated alkanes) is 1. The molecule has 0 saturated carbocycles. The number of rotatable bonds is 7. The number of hydrogen-bond acceptors (Lipinski definition) is 5. The summed E-state index contributed by atoms with van der Waals surface area (Å²) in [6.07, 6.45) is 2.65. The van der Waals surface area contributed by atoms with Crippen LogP contribution in [0.5, 0.6) is 0 Å². The molecule has 0 radical (unpaired) electrons. The van der Waals surface area contributed by atoms with Crippen molar-refractivity contribution in [2.75, 3.05) is 17.6 Å². The molecule has 4 N–H and O–H groups in total. The summed E-state index contributed by atoms with van der Waals surface area (Å²) in [5.41, 5.74) is 5.39. The quantitative estimate of drug-likeness (QED) is 0.713. The number of nitrogens with one attached hydrogen (secondary N) is 2. The van der Waals surface area contributed by atoms with E-state index in [2.05, 4.69) is 27.5 Å². The monoisotopic (exact) mass is 351 g/mol. The smallest absolute Gasteiger partial charge is 0.222 e. The van der Waals surface area contributed by atoms with Gasteiger partial charge in [0.2, 0.25) is 11.9 Å². The van der Waals surface area contributed by atoms with Crippen LogP contribution in [0.4, 0.5) is 20.5 Å². The van der Waals surface area contributed by atoms with Gasteiger partial charge in [-0.1, -0.05) is 19.8 Å². The van der Waals surface area contributed by atoms with Crippen molar-refractivity contribution < 1.29 is 13.6 Å². The summed E-state index contributed by atoms with van der Waals surface area (Å²) >= 11 is 0. The van der Waals surface area contributed by atoms with Crippen LogP contribution in [0.3, 0.4) is 0 Å². The summed E-state index contributed by atoms with van der Waals surface area (Å²) in [6, 6.07) is 2.04. The van der Waals surface area contributed by atoms with Gasteiger partial charge in [-0.2, -0.15) is 4.98 Å². The van der Waals surface area contributed by atoms with E-state index in [0.29, 0.717) is 17.7 Å². The maximum atomic E-state index is 13.7. The lowest BCUT2D eigenvalue weighted by Crippen LogP contribution is -2.46. The van der Waals surface area contributed by atoms with Gasteiger partial charge in [0.25, 0.3) is 0 Å². The molecule has 2 aromatic rings. The zero-order chi connectivity index (χ0) is 18.6. The fourth-order valence-corrected chi connectivity index (χ4v) is 2.60. The molecule has 2 rings (SSSR count). The second-order valence-electron chi connectivity index (χ2n) is 6.41. The molecule has 0 bridgehead atoms. The Morgan fingerprint density at radius 2 is 1.96 bits per heavy atom. The van der Waals surface area contributed by atoms with Gasteiger partial charge in [0.1, 0.15) is 5.82 Å². The first kappa shape index (κ1) is 18.8. The number of aromatic nitrogens is 2. The number of anilines is 2. The van der Waals surface area contributed by atoms with Crippen molar-refractivity contribution in [1.29, 1.82) is 0 Å². The van der Waals surface area contributed by atoms with Crippen molar-refractivity contribution in [3.63, 3.8) is 0 Å². The lowest BCUT2D eigenvalue weighted by Gasteiger charge is -2.32. The fraction of sp³-hybridized carbons (Fsp3) is 0.471. The Kier molecular flexibility index (Phi) is 5.71. The van der Waals surface area contributed by atoms with Gasteiger partial charge in [0.15, 0.2) is 11.6 Å². The zero-order valence-corrected chi connectivity index (χ0v) is 14.6. The molecule has 0 aliphatic heterocycles. The molecule has 1 aromatic heterocycles. The lowest BCUT2D eigenvalue weighted by molar-refractivity contribution is -0.119. The van der Waals surface area contributed by atoms with E-state index in [1.165, 1.54) is 6.92 Å². The number of amides is 1. The van der Waals surface area contributed by atoms with Gasteiger partial charge in [-0.25, -0.2) is 13.8 Å². The lowest BCUT2D eigenvalue weighted by atomic mass is 9.94. The second-order valence-corrected chi connectivity index (χ2v) is 6.41. The average Bonchev–Trinajstić information content (AvgIpc) is 2.53. The third-order valence-electron chi connectivity index (χ3n) is 3.98. The highest BCUT2D eigenvalue weighted by atomic mass is 19.2. The van der Waals surface area contributed by atoms with E-state index >= 15 is 0 Å². The van der Waals surface area contributed by atoms with Gasteiger partial charge < -0.3 is 16.4 Å². The fourth-order valence-electron chi connectivity index (χ4n) is 2.60. The van der Waals surface area contributed by atoms with Gasteiger partial charge in [-0.15, -0.1) is 0 Å². The Morgan fingerprint density at radius 1 is 1.28 bits per heavy atom. The standard InChI is InChI=1S/C17H23F2N5O/c1-4-5-6-17(3,9-21-10(2)25)24-15-11-7-12(18)13(19)8-14(11)22-16(20)23-15/h7-8H,4-6,9H2,1-3H3,(H,21,25)(H3,20,22,23,24). The zero-order valence-electron chi connectivity index (χ0n) is 14.6. The summed E-state index contributed by atoms with van der Waals surface area (Å²) in [6.45, 7) is 5.80. The van der Waals surface area contributed by atoms with E-state index in [-0.39, 0.29) is 17.4 Å². The molecule has 0 saturated heterocycles. The maximum absolute atomic E-state index is 13.7. The number of nitrogens with zero attached hydrogens (tertiary/aromatic N) is 2. The second kappa shape index (κ2) is 7.58. The molecule has 0 spiro atoms. The first-order chi connectivity index (χ1) is 11.7. The Hall–Kier alpha value is -2.51. The van der Waals surface area contributed by atoms with Crippen molar-refractivity contribution in [1.82, 2.24) is 15.3 Å². The number of halogens is 2. The normalized spacial score (nSPS) is 13.5. The van der Waals surface area contributed by atoms with Crippen LogP contribution in [0.2, 0.25) is 0 Å². The third kappa shape index (κ3) is 4.74. The van der Waals surface area contributed by atoms with E-state index in [4.69, 9.17) is 5.73 Å². The van der Waals surface area contributed by atoms with Crippen LogP contribution in [-0.2, 0) is 4.79 Å². The van der Waals surface area contributed by atoms with E-state index in [1.54, 1.807) is 0 Å². The van der Waals surface area contributed by atoms with Gasteiger partial charge >= 0.3 is 0 Å². The van der Waals surface area contributed by atoms with Crippen molar-refractivity contribution >= 4 is 28.6 Å². The Bertz CT molecular complexity index is 783. The largest absolute Gasteiger partial charge is 0.368 e. The Morgan fingerprint density at radius 3 is 2.60 bits per heavy atom. The van der Waals surface area contributed by atoms with Gasteiger partial charge in [-0.3, -0.25) is 4.79 Å². The minimum absolute atomic E-state index is 0.0432. The molecule has 6 nitrogen and oxygen atoms in total. The van der Waals surface area contributed by atoms with E-state index in [1.807, 2.05) is 6.92 Å². The van der Waals surface area contributed by atoms with E-state index < -0.39 is 17.2 Å². The first-order valence-electron chi connectivity index (χ1n) is 8.19. The molecule has 1 unspecified atom stereocenters. The molecular formula is C17H23F2N5O. The molecule has 25 heavy (non-hydrogen) atoms. The van der Waals surface area contributed by atoms with Crippen molar-refractivity contribution in [2.24, 2.45) is 0 Å². The highest BCUT2D eigenvalue weighted by molar-refractivity contribution is 5.90. The highest BCUT2D eigenvalue weighted by Gasteiger charge is 2.26. The van der Waals surface area contributed by atoms with Gasteiger partial charge in [0, 0.05) is 24.9 Å². The molecule has 0 fully saturated rings. The van der Waals surface area contributed by atoms with Crippen LogP contribution in [0.1, 0.15) is 40.0 Å².